The average molecular weight is 489 g/mol. The number of halogens is 1. The van der Waals surface area contributed by atoms with E-state index in [-0.39, 0.29) is 5.91 Å². The van der Waals surface area contributed by atoms with Crippen LogP contribution in [0.4, 0.5) is 0 Å². The second-order valence-corrected chi connectivity index (χ2v) is 10.3. The molecule has 7 heteroatoms. The van der Waals surface area contributed by atoms with Crippen molar-refractivity contribution in [1.82, 2.24) is 20.3 Å². The zero-order chi connectivity index (χ0) is 24.6. The first-order valence-corrected chi connectivity index (χ1v) is 12.4. The van der Waals surface area contributed by atoms with E-state index in [1.54, 1.807) is 0 Å². The number of nitrogens with zero attached hydrogens (tertiary/aromatic N) is 2. The van der Waals surface area contributed by atoms with Crippen molar-refractivity contribution in [1.29, 1.82) is 0 Å². The predicted octanol–water partition coefficient (Wildman–Crippen LogP) is 6.78. The first kappa shape index (κ1) is 23.4. The third kappa shape index (κ3) is 5.49. The molecule has 1 saturated carbocycles. The molecule has 6 nitrogen and oxygen atoms in total. The number of nitrogens with one attached hydrogen (secondary N) is 2. The highest BCUT2D eigenvalue weighted by Gasteiger charge is 2.22. The third-order valence-electron chi connectivity index (χ3n) is 6.45. The summed E-state index contributed by atoms with van der Waals surface area (Å²) < 4.78 is 5.93. The van der Waals surface area contributed by atoms with Crippen LogP contribution < -0.4 is 10.1 Å². The molecular formula is C28H29ClN4O2. The van der Waals surface area contributed by atoms with Crippen molar-refractivity contribution in [2.45, 2.75) is 52.0 Å². The van der Waals surface area contributed by atoms with Gasteiger partial charge in [-0.05, 0) is 61.9 Å². The molecule has 180 valence electrons. The topological polar surface area (TPSA) is 79.9 Å². The van der Waals surface area contributed by atoms with Crippen molar-refractivity contribution in [2.75, 3.05) is 0 Å². The van der Waals surface area contributed by atoms with Crippen molar-refractivity contribution in [3.63, 3.8) is 0 Å². The summed E-state index contributed by atoms with van der Waals surface area (Å²) in [6.45, 7) is 5.42. The number of hydrogen-bond acceptors (Lipinski definition) is 4. The molecule has 2 aromatic heterocycles. The number of aromatic nitrogens is 3. The number of fused-ring (bicyclic) bond motifs is 1. The van der Waals surface area contributed by atoms with Gasteiger partial charge in [-0.15, -0.1) is 0 Å². The van der Waals surface area contributed by atoms with E-state index in [2.05, 4.69) is 39.6 Å². The van der Waals surface area contributed by atoms with E-state index in [0.717, 1.165) is 23.5 Å². The number of rotatable bonds is 8. The van der Waals surface area contributed by atoms with E-state index in [1.807, 2.05) is 44.2 Å². The summed E-state index contributed by atoms with van der Waals surface area (Å²) in [7, 11) is 0. The van der Waals surface area contributed by atoms with Crippen LogP contribution in [0.25, 0.3) is 22.4 Å². The summed E-state index contributed by atoms with van der Waals surface area (Å²) >= 11 is 6.57. The summed E-state index contributed by atoms with van der Waals surface area (Å²) in [6, 6.07) is 18.2. The molecule has 0 atom stereocenters. The van der Waals surface area contributed by atoms with E-state index in [9.17, 15) is 4.79 Å². The highest BCUT2D eigenvalue weighted by atomic mass is 35.5. The quantitative estimate of drug-likeness (QED) is 0.286. The van der Waals surface area contributed by atoms with Gasteiger partial charge in [0.15, 0.2) is 5.65 Å². The molecule has 0 radical (unpaired) electrons. The van der Waals surface area contributed by atoms with Crippen molar-refractivity contribution in [3.8, 4) is 23.0 Å². The van der Waals surface area contributed by atoms with Gasteiger partial charge in [-0.2, -0.15) is 4.98 Å². The van der Waals surface area contributed by atoms with Crippen molar-refractivity contribution in [3.05, 3.63) is 70.7 Å². The van der Waals surface area contributed by atoms with Crippen molar-refractivity contribution in [2.24, 2.45) is 5.92 Å². The molecule has 2 aromatic carbocycles. The van der Waals surface area contributed by atoms with Crippen LogP contribution in [0, 0.1) is 5.92 Å². The zero-order valence-electron chi connectivity index (χ0n) is 20.2. The Kier molecular flexibility index (Phi) is 6.24. The maximum Gasteiger partial charge on any atom is 0.301 e. The Labute approximate surface area is 210 Å². The molecule has 0 bridgehead atoms. The average Bonchev–Trinajstić information content (AvgIpc) is 3.56. The van der Waals surface area contributed by atoms with Crippen LogP contribution in [-0.2, 0) is 16.8 Å². The molecule has 2 N–H and O–H groups in total. The summed E-state index contributed by atoms with van der Waals surface area (Å²) in [5, 5.41) is 3.50. The lowest BCUT2D eigenvalue weighted by Crippen LogP contribution is -2.39. The first-order chi connectivity index (χ1) is 16.8. The monoisotopic (exact) mass is 488 g/mol. The fourth-order valence-electron chi connectivity index (χ4n) is 4.32. The fourth-order valence-corrected chi connectivity index (χ4v) is 4.58. The van der Waals surface area contributed by atoms with Gasteiger partial charge in [0.05, 0.1) is 21.8 Å². The number of carbonyl (C=O) groups is 1. The number of imidazole rings is 1. The number of pyridine rings is 1. The lowest BCUT2D eigenvalue weighted by molar-refractivity contribution is -0.120. The summed E-state index contributed by atoms with van der Waals surface area (Å²) in [5.74, 6) is 1.48. The third-order valence-corrected chi connectivity index (χ3v) is 6.74. The standard InChI is InChI=1S/C28H29ClN4O2/c1-17(34)33-28(2,3)21-12-14-22(15-13-21)35-27-30-24-16-23(29)25(31-26(24)32-27)20-10-8-19(9-11-20)7-6-18-4-5-18/h8-16,18H,4-7H2,1-3H3,(H,33,34)(H,30,31,32). The van der Waals surface area contributed by atoms with Crippen LogP contribution in [0.2, 0.25) is 5.02 Å². The van der Waals surface area contributed by atoms with Gasteiger partial charge in [0.1, 0.15) is 5.75 Å². The van der Waals surface area contributed by atoms with Gasteiger partial charge in [0.2, 0.25) is 5.91 Å². The van der Waals surface area contributed by atoms with Gasteiger partial charge in [-0.25, -0.2) is 4.98 Å². The van der Waals surface area contributed by atoms with E-state index in [4.69, 9.17) is 21.3 Å². The SMILES string of the molecule is CC(=O)NC(C)(C)c1ccc(Oc2nc3nc(-c4ccc(CCC5CC5)cc4)c(Cl)cc3[nH]2)cc1. The van der Waals surface area contributed by atoms with Crippen LogP contribution in [0.3, 0.4) is 0 Å². The molecule has 2 heterocycles. The molecule has 35 heavy (non-hydrogen) atoms. The molecule has 1 aliphatic rings. The Hall–Kier alpha value is -3.38. The largest absolute Gasteiger partial charge is 0.426 e. The molecule has 0 aliphatic heterocycles. The number of aromatic amines is 1. The van der Waals surface area contributed by atoms with Gasteiger partial charge in [0.25, 0.3) is 0 Å². The van der Waals surface area contributed by atoms with Gasteiger partial charge in [0, 0.05) is 12.5 Å². The predicted molar refractivity (Wildman–Crippen MR) is 139 cm³/mol. The molecule has 1 aliphatic carbocycles. The Morgan fingerprint density at radius 1 is 1.11 bits per heavy atom. The van der Waals surface area contributed by atoms with Crippen LogP contribution in [0.1, 0.15) is 51.2 Å². The maximum atomic E-state index is 11.5. The first-order valence-electron chi connectivity index (χ1n) is 12.0. The minimum Gasteiger partial charge on any atom is -0.426 e. The summed E-state index contributed by atoms with van der Waals surface area (Å²) in [6.07, 6.45) is 5.16. The molecular weight excluding hydrogens is 460 g/mol. The smallest absolute Gasteiger partial charge is 0.301 e. The fraction of sp³-hybridized carbons (Fsp3) is 0.321. The number of benzene rings is 2. The Bertz CT molecular complexity index is 1360. The molecule has 5 rings (SSSR count). The van der Waals surface area contributed by atoms with Crippen LogP contribution in [0.15, 0.2) is 54.6 Å². The number of carbonyl (C=O) groups excluding carboxylic acids is 1. The van der Waals surface area contributed by atoms with Gasteiger partial charge < -0.3 is 15.0 Å². The molecule has 1 amide bonds. The van der Waals surface area contributed by atoms with Crippen LogP contribution in [-0.4, -0.2) is 20.9 Å². The minimum absolute atomic E-state index is 0.0762. The zero-order valence-corrected chi connectivity index (χ0v) is 20.9. The Morgan fingerprint density at radius 2 is 1.83 bits per heavy atom. The second kappa shape index (κ2) is 9.34. The van der Waals surface area contributed by atoms with E-state index in [1.165, 1.54) is 31.7 Å². The maximum absolute atomic E-state index is 11.5. The number of ether oxygens (including phenoxy) is 1. The molecule has 0 saturated heterocycles. The number of amides is 1. The molecule has 1 fully saturated rings. The van der Waals surface area contributed by atoms with Crippen molar-refractivity contribution >= 4 is 28.7 Å². The van der Waals surface area contributed by atoms with Gasteiger partial charge in [-0.3, -0.25) is 4.79 Å². The summed E-state index contributed by atoms with van der Waals surface area (Å²) in [5.41, 5.74) is 4.77. The second-order valence-electron chi connectivity index (χ2n) is 9.84. The molecule has 0 unspecified atom stereocenters. The highest BCUT2D eigenvalue weighted by molar-refractivity contribution is 6.33. The van der Waals surface area contributed by atoms with E-state index >= 15 is 0 Å². The Balaban J connectivity index is 1.32. The van der Waals surface area contributed by atoms with Gasteiger partial charge in [-0.1, -0.05) is 60.8 Å². The van der Waals surface area contributed by atoms with Crippen molar-refractivity contribution < 1.29 is 9.53 Å². The van der Waals surface area contributed by atoms with Crippen LogP contribution >= 0.6 is 11.6 Å². The minimum atomic E-state index is -0.476. The Morgan fingerprint density at radius 3 is 2.49 bits per heavy atom. The lowest BCUT2D eigenvalue weighted by atomic mass is 9.94. The number of aryl methyl sites for hydroxylation is 1. The van der Waals surface area contributed by atoms with E-state index < -0.39 is 5.54 Å². The lowest BCUT2D eigenvalue weighted by Gasteiger charge is -2.26. The van der Waals surface area contributed by atoms with Crippen LogP contribution in [0.5, 0.6) is 11.8 Å². The number of hydrogen-bond donors (Lipinski definition) is 2. The molecule has 0 spiro atoms. The number of H-pyrrole nitrogens is 1. The summed E-state index contributed by atoms with van der Waals surface area (Å²) in [4.78, 5) is 23.8. The van der Waals surface area contributed by atoms with E-state index in [0.29, 0.717) is 33.6 Å². The van der Waals surface area contributed by atoms with Gasteiger partial charge >= 0.3 is 6.01 Å². The molecule has 4 aromatic rings. The normalized spacial score (nSPS) is 13.7. The highest BCUT2D eigenvalue weighted by Crippen LogP contribution is 2.34.